The Labute approximate surface area is 369 Å². The van der Waals surface area contributed by atoms with Crippen LogP contribution in [0.4, 0.5) is 23.0 Å². The second kappa shape index (κ2) is 23.3. The van der Waals surface area contributed by atoms with Crippen LogP contribution in [0.2, 0.25) is 0 Å². The number of aromatic nitrogens is 4. The number of hydrogen-bond acceptors (Lipinski definition) is 19. The fourth-order valence-electron chi connectivity index (χ4n) is 7.05. The third-order valence-electron chi connectivity index (χ3n) is 10.5. The molecule has 1 fully saturated rings. The fourth-order valence-corrected chi connectivity index (χ4v) is 7.05. The van der Waals surface area contributed by atoms with Gasteiger partial charge in [0.2, 0.25) is 11.9 Å². The third-order valence-corrected chi connectivity index (χ3v) is 10.5. The molecular weight excluding hydrogens is 855 g/mol. The number of rotatable bonds is 24. The number of aromatic amines is 1. The number of fused-ring (bicyclic) bond motifs is 1. The number of nitrogen functional groups attached to an aromatic ring is 1. The molecule has 0 spiro atoms. The average molecular weight is 906 g/mol. The van der Waals surface area contributed by atoms with Crippen molar-refractivity contribution in [2.24, 2.45) is 0 Å². The van der Waals surface area contributed by atoms with Gasteiger partial charge in [0.1, 0.15) is 29.7 Å². The second-order valence-electron chi connectivity index (χ2n) is 15.1. The Morgan fingerprint density at radius 3 is 2.14 bits per heavy atom. The highest BCUT2D eigenvalue weighted by molar-refractivity contribution is 5.97. The van der Waals surface area contributed by atoms with E-state index in [1.165, 1.54) is 18.3 Å². The zero-order chi connectivity index (χ0) is 47.0. The molecule has 65 heavy (non-hydrogen) atoms. The van der Waals surface area contributed by atoms with Crippen LogP contribution in [-0.4, -0.2) is 170 Å². The van der Waals surface area contributed by atoms with Gasteiger partial charge < -0.3 is 52.4 Å². The SMILES string of the molecule is Nc1nc2ncc(CNc3ccc(C(=O)N[C@@H](CCC(=O)NCCNc4c(NCCCC(C(=O)O)N5CCN(CC=O)CCN(CC(=O)O)CC5)c(=O)c4=O)C(=O)O)cc3)nc2c(=O)[nH]1. The number of carbonyl (C=O) groups excluding carboxylic acids is 3. The lowest BCUT2D eigenvalue weighted by Crippen LogP contribution is -2.47. The lowest BCUT2D eigenvalue weighted by molar-refractivity contribution is -0.144. The summed E-state index contributed by atoms with van der Waals surface area (Å²) in [5.41, 5.74) is 4.80. The van der Waals surface area contributed by atoms with Crippen LogP contribution in [0.3, 0.4) is 0 Å². The standard InChI is InChI=1S/C40H51N13O12/c41-40-49-35-32(37(61)50-40)47-25(21-46-35)20-45-24-5-3-23(4-6-24)36(60)48-26(38(62)63)7-8-28(55)42-10-11-44-31-30(33(58)34(31)59)43-9-1-2-27(39(64)65)53-16-14-51(18-19-54)12-13-52(15-17-53)22-29(56)57/h3-6,19,21,26-27,43-45H,1-2,7-18,20,22H2,(H,42,55)(H,48,60)(H,56,57)(H,62,63)(H,64,65)(H3,41,46,49,50,61)/t26-,27?/m0/s1. The molecule has 348 valence electrons. The number of nitrogens with one attached hydrogen (secondary N) is 6. The highest BCUT2D eigenvalue weighted by atomic mass is 16.4. The smallest absolute Gasteiger partial charge is 0.326 e. The number of nitrogens with two attached hydrogens (primary N) is 1. The minimum absolute atomic E-state index is 0.00389. The summed E-state index contributed by atoms with van der Waals surface area (Å²) in [4.78, 5) is 129. The molecule has 1 aliphatic rings. The van der Waals surface area contributed by atoms with Gasteiger partial charge in [-0.1, -0.05) is 0 Å². The summed E-state index contributed by atoms with van der Waals surface area (Å²) in [6, 6.07) is 3.79. The molecule has 2 aromatic heterocycles. The molecule has 1 aliphatic heterocycles. The number of carboxylic acids is 3. The Kier molecular flexibility index (Phi) is 17.5. The molecule has 25 heteroatoms. The van der Waals surface area contributed by atoms with Crippen molar-refractivity contribution in [3.63, 3.8) is 0 Å². The van der Waals surface area contributed by atoms with Crippen molar-refractivity contribution >= 4 is 70.2 Å². The first-order valence-corrected chi connectivity index (χ1v) is 20.7. The Morgan fingerprint density at radius 1 is 0.815 bits per heavy atom. The molecule has 2 atom stereocenters. The van der Waals surface area contributed by atoms with Crippen LogP contribution in [0.15, 0.2) is 44.8 Å². The van der Waals surface area contributed by atoms with Gasteiger partial charge in [0, 0.05) is 76.6 Å². The lowest BCUT2D eigenvalue weighted by Gasteiger charge is -2.30. The molecule has 1 unspecified atom stereocenters. The van der Waals surface area contributed by atoms with Crippen molar-refractivity contribution in [2.75, 3.05) is 93.7 Å². The van der Waals surface area contributed by atoms with E-state index in [4.69, 9.17) is 5.73 Å². The largest absolute Gasteiger partial charge is 0.480 e. The van der Waals surface area contributed by atoms with Gasteiger partial charge in [-0.25, -0.2) is 14.8 Å². The monoisotopic (exact) mass is 905 g/mol. The molecule has 2 amide bonds. The van der Waals surface area contributed by atoms with Crippen LogP contribution in [0, 0.1) is 0 Å². The maximum absolute atomic E-state index is 12.9. The van der Waals surface area contributed by atoms with E-state index in [0.717, 1.165) is 6.29 Å². The molecule has 5 rings (SSSR count). The van der Waals surface area contributed by atoms with E-state index in [2.05, 4.69) is 46.5 Å². The Balaban J connectivity index is 1.02. The van der Waals surface area contributed by atoms with Gasteiger partial charge >= 0.3 is 17.9 Å². The quantitative estimate of drug-likeness (QED) is 0.0198. The van der Waals surface area contributed by atoms with E-state index < -0.39 is 58.2 Å². The van der Waals surface area contributed by atoms with Crippen molar-refractivity contribution < 1.29 is 44.1 Å². The Bertz CT molecular complexity index is 2470. The average Bonchev–Trinajstić information content (AvgIpc) is 3.36. The summed E-state index contributed by atoms with van der Waals surface area (Å²) in [6.07, 6.45) is 2.16. The van der Waals surface area contributed by atoms with Crippen LogP contribution < -0.4 is 48.7 Å². The fraction of sp³-hybridized carbons (Fsp3) is 0.450. The number of aliphatic carboxylic acids is 3. The van der Waals surface area contributed by atoms with E-state index >= 15 is 0 Å². The minimum Gasteiger partial charge on any atom is -0.480 e. The third kappa shape index (κ3) is 14.1. The highest BCUT2D eigenvalue weighted by Crippen LogP contribution is 2.16. The molecule has 0 radical (unpaired) electrons. The van der Waals surface area contributed by atoms with E-state index in [0.29, 0.717) is 50.5 Å². The summed E-state index contributed by atoms with van der Waals surface area (Å²) < 4.78 is 0. The minimum atomic E-state index is -1.39. The number of anilines is 4. The van der Waals surface area contributed by atoms with Crippen LogP contribution in [0.1, 0.15) is 41.7 Å². The molecule has 0 aliphatic carbocycles. The van der Waals surface area contributed by atoms with Crippen molar-refractivity contribution in [1.82, 2.24) is 45.3 Å². The summed E-state index contributed by atoms with van der Waals surface area (Å²) in [5.74, 6) is -4.73. The Hall–Kier alpha value is -7.38. The van der Waals surface area contributed by atoms with Crippen molar-refractivity contribution in [3.05, 3.63) is 72.5 Å². The maximum Gasteiger partial charge on any atom is 0.326 e. The predicted octanol–water partition coefficient (Wildman–Crippen LogP) is -2.46. The van der Waals surface area contributed by atoms with Gasteiger partial charge in [0.05, 0.1) is 31.5 Å². The lowest BCUT2D eigenvalue weighted by atomic mass is 10.1. The second-order valence-corrected chi connectivity index (χ2v) is 15.1. The molecular formula is C40H51N13O12. The van der Waals surface area contributed by atoms with E-state index in [1.54, 1.807) is 21.9 Å². The molecule has 2 aromatic carbocycles. The first-order chi connectivity index (χ1) is 31.1. The van der Waals surface area contributed by atoms with Gasteiger partial charge in [-0.3, -0.25) is 53.2 Å². The Morgan fingerprint density at radius 2 is 1.48 bits per heavy atom. The van der Waals surface area contributed by atoms with Gasteiger partial charge in [-0.15, -0.1) is 0 Å². The van der Waals surface area contributed by atoms with Gasteiger partial charge in [0.15, 0.2) is 11.2 Å². The first kappa shape index (κ1) is 48.6. The normalized spacial score (nSPS) is 14.9. The summed E-state index contributed by atoms with van der Waals surface area (Å²) >= 11 is 0. The topological polar surface area (TPSA) is 365 Å². The molecule has 11 N–H and O–H groups in total. The maximum atomic E-state index is 12.9. The van der Waals surface area contributed by atoms with Gasteiger partial charge in [-0.2, -0.15) is 4.98 Å². The van der Waals surface area contributed by atoms with Crippen LogP contribution >= 0.6 is 0 Å². The summed E-state index contributed by atoms with van der Waals surface area (Å²) in [6.45, 7) is 2.48. The number of carboxylic acid groups (broad SMARTS) is 3. The number of aldehydes is 1. The zero-order valence-corrected chi connectivity index (χ0v) is 35.2. The van der Waals surface area contributed by atoms with Crippen molar-refractivity contribution in [3.8, 4) is 0 Å². The van der Waals surface area contributed by atoms with Gasteiger partial charge in [0.25, 0.3) is 22.3 Å². The molecule has 25 nitrogen and oxygen atoms in total. The number of hydrogen-bond donors (Lipinski definition) is 10. The summed E-state index contributed by atoms with van der Waals surface area (Å²) in [7, 11) is 0. The zero-order valence-electron chi connectivity index (χ0n) is 35.2. The van der Waals surface area contributed by atoms with Crippen LogP contribution in [-0.2, 0) is 30.5 Å². The molecule has 1 saturated heterocycles. The van der Waals surface area contributed by atoms with E-state index in [9.17, 15) is 58.5 Å². The number of amides is 2. The van der Waals surface area contributed by atoms with Crippen molar-refractivity contribution in [1.29, 1.82) is 0 Å². The van der Waals surface area contributed by atoms with Gasteiger partial charge in [-0.05, 0) is 43.5 Å². The first-order valence-electron chi connectivity index (χ1n) is 20.7. The van der Waals surface area contributed by atoms with Crippen molar-refractivity contribution in [2.45, 2.75) is 44.3 Å². The number of benzene rings is 1. The molecule has 0 bridgehead atoms. The molecule has 4 aromatic rings. The predicted molar refractivity (Wildman–Crippen MR) is 234 cm³/mol. The summed E-state index contributed by atoms with van der Waals surface area (Å²) in [5, 5.41) is 42.9. The highest BCUT2D eigenvalue weighted by Gasteiger charge is 2.28. The molecule has 3 heterocycles. The van der Waals surface area contributed by atoms with E-state index in [1.807, 2.05) is 4.90 Å². The number of carbonyl (C=O) groups is 6. The van der Waals surface area contributed by atoms with E-state index in [-0.39, 0.29) is 99.1 Å². The van der Waals surface area contributed by atoms with Crippen LogP contribution in [0.25, 0.3) is 11.2 Å². The molecule has 0 saturated carbocycles. The number of H-pyrrole nitrogens is 1. The van der Waals surface area contributed by atoms with Crippen LogP contribution in [0.5, 0.6) is 0 Å². The number of nitrogens with zero attached hydrogens (tertiary/aromatic N) is 6.